The lowest BCUT2D eigenvalue weighted by atomic mass is 10.0. The van der Waals surface area contributed by atoms with Crippen molar-refractivity contribution in [2.24, 2.45) is 5.92 Å². The normalized spacial score (nSPS) is 14.9. The Labute approximate surface area is 101 Å². The topological polar surface area (TPSA) is 84.9 Å². The summed E-state index contributed by atoms with van der Waals surface area (Å²) >= 11 is 0. The van der Waals surface area contributed by atoms with Crippen LogP contribution < -0.4 is 5.32 Å². The largest absolute Gasteiger partial charge is 0.480 e. The molecule has 0 spiro atoms. The monoisotopic (exact) mass is 247 g/mol. The van der Waals surface area contributed by atoms with Crippen molar-refractivity contribution in [2.45, 2.75) is 39.3 Å². The maximum Gasteiger partial charge on any atom is 0.408 e. The number of alkyl carbamates (subject to hydrolysis) is 1. The van der Waals surface area contributed by atoms with Gasteiger partial charge in [0.05, 0.1) is 6.61 Å². The number of amides is 1. The van der Waals surface area contributed by atoms with Crippen LogP contribution in [0.4, 0.5) is 4.79 Å². The summed E-state index contributed by atoms with van der Waals surface area (Å²) in [5.41, 5.74) is -0.655. The van der Waals surface area contributed by atoms with Crippen molar-refractivity contribution in [2.75, 3.05) is 13.7 Å². The van der Waals surface area contributed by atoms with Crippen molar-refractivity contribution in [1.82, 2.24) is 5.32 Å². The molecule has 2 N–H and O–H groups in total. The van der Waals surface area contributed by atoms with Gasteiger partial charge in [-0.1, -0.05) is 6.92 Å². The maximum absolute atomic E-state index is 11.4. The molecule has 0 aliphatic rings. The number of nitrogens with one attached hydrogen (secondary N) is 1. The smallest absolute Gasteiger partial charge is 0.408 e. The van der Waals surface area contributed by atoms with E-state index in [1.54, 1.807) is 27.7 Å². The molecule has 2 atom stereocenters. The Hall–Kier alpha value is -1.30. The highest BCUT2D eigenvalue weighted by Gasteiger charge is 2.28. The van der Waals surface area contributed by atoms with Gasteiger partial charge in [-0.2, -0.15) is 0 Å². The lowest BCUT2D eigenvalue weighted by Gasteiger charge is -2.24. The van der Waals surface area contributed by atoms with Gasteiger partial charge in [0, 0.05) is 13.0 Å². The molecule has 0 radical (unpaired) electrons. The molecule has 17 heavy (non-hydrogen) atoms. The molecule has 0 saturated heterocycles. The van der Waals surface area contributed by atoms with Crippen LogP contribution in [0.2, 0.25) is 0 Å². The molecular formula is C11H21NO5. The number of hydrogen-bond donors (Lipinski definition) is 2. The third-order valence-electron chi connectivity index (χ3n) is 1.94. The van der Waals surface area contributed by atoms with E-state index in [2.05, 4.69) is 5.32 Å². The van der Waals surface area contributed by atoms with Gasteiger partial charge in [-0.15, -0.1) is 0 Å². The third-order valence-corrected chi connectivity index (χ3v) is 1.94. The van der Waals surface area contributed by atoms with Crippen molar-refractivity contribution in [3.05, 3.63) is 0 Å². The van der Waals surface area contributed by atoms with E-state index in [0.717, 1.165) is 0 Å². The fourth-order valence-electron chi connectivity index (χ4n) is 1.24. The van der Waals surface area contributed by atoms with Gasteiger partial charge >= 0.3 is 12.1 Å². The van der Waals surface area contributed by atoms with E-state index in [1.807, 2.05) is 0 Å². The van der Waals surface area contributed by atoms with E-state index in [9.17, 15) is 9.59 Å². The average Bonchev–Trinajstić information content (AvgIpc) is 2.11. The number of carboxylic acid groups (broad SMARTS) is 1. The minimum Gasteiger partial charge on any atom is -0.480 e. The molecule has 1 amide bonds. The summed E-state index contributed by atoms with van der Waals surface area (Å²) < 4.78 is 9.85. The SMILES string of the molecule is COCC(C)C(NC(=O)OC(C)(C)C)C(=O)O. The van der Waals surface area contributed by atoms with Crippen molar-refractivity contribution in [3.63, 3.8) is 0 Å². The highest BCUT2D eigenvalue weighted by atomic mass is 16.6. The van der Waals surface area contributed by atoms with E-state index in [0.29, 0.717) is 0 Å². The van der Waals surface area contributed by atoms with Gasteiger partial charge in [-0.25, -0.2) is 9.59 Å². The number of hydrogen-bond acceptors (Lipinski definition) is 4. The van der Waals surface area contributed by atoms with Crippen LogP contribution in [0.25, 0.3) is 0 Å². The van der Waals surface area contributed by atoms with Crippen LogP contribution in [-0.4, -0.2) is 42.5 Å². The summed E-state index contributed by atoms with van der Waals surface area (Å²) in [7, 11) is 1.48. The minimum atomic E-state index is -1.11. The van der Waals surface area contributed by atoms with Gasteiger partial charge < -0.3 is 19.9 Å². The van der Waals surface area contributed by atoms with E-state index < -0.39 is 23.7 Å². The van der Waals surface area contributed by atoms with Gasteiger partial charge in [0.1, 0.15) is 11.6 Å². The molecular weight excluding hydrogens is 226 g/mol. The van der Waals surface area contributed by atoms with Crippen molar-refractivity contribution in [3.8, 4) is 0 Å². The van der Waals surface area contributed by atoms with Gasteiger partial charge in [-0.3, -0.25) is 0 Å². The van der Waals surface area contributed by atoms with Crippen LogP contribution in [0.1, 0.15) is 27.7 Å². The molecule has 0 saturated carbocycles. The van der Waals surface area contributed by atoms with E-state index in [1.165, 1.54) is 7.11 Å². The molecule has 0 aliphatic carbocycles. The molecule has 0 aromatic rings. The Morgan fingerprint density at radius 2 is 1.88 bits per heavy atom. The average molecular weight is 247 g/mol. The summed E-state index contributed by atoms with van der Waals surface area (Å²) in [6, 6.07) is -1.02. The number of aliphatic carboxylic acids is 1. The van der Waals surface area contributed by atoms with E-state index in [-0.39, 0.29) is 12.5 Å². The fraction of sp³-hybridized carbons (Fsp3) is 0.818. The molecule has 6 nitrogen and oxygen atoms in total. The number of methoxy groups -OCH3 is 1. The molecule has 0 aromatic heterocycles. The summed E-state index contributed by atoms with van der Waals surface area (Å²) in [4.78, 5) is 22.4. The van der Waals surface area contributed by atoms with Gasteiger partial charge in [0.2, 0.25) is 0 Å². The highest BCUT2D eigenvalue weighted by Crippen LogP contribution is 2.09. The van der Waals surface area contributed by atoms with Crippen LogP contribution in [0.3, 0.4) is 0 Å². The van der Waals surface area contributed by atoms with E-state index >= 15 is 0 Å². The molecule has 0 bridgehead atoms. The van der Waals surface area contributed by atoms with E-state index in [4.69, 9.17) is 14.6 Å². The van der Waals surface area contributed by atoms with Crippen molar-refractivity contribution < 1.29 is 24.2 Å². The second-order valence-corrected chi connectivity index (χ2v) is 4.89. The lowest BCUT2D eigenvalue weighted by molar-refractivity contribution is -0.141. The zero-order valence-electron chi connectivity index (χ0n) is 10.9. The second kappa shape index (κ2) is 6.44. The third kappa shape index (κ3) is 6.78. The van der Waals surface area contributed by atoms with Gasteiger partial charge in [0.15, 0.2) is 0 Å². The van der Waals surface area contributed by atoms with Gasteiger partial charge in [0.25, 0.3) is 0 Å². The predicted molar refractivity (Wildman–Crippen MR) is 61.8 cm³/mol. The molecule has 2 unspecified atom stereocenters. The number of carboxylic acids is 1. The van der Waals surface area contributed by atoms with Crippen LogP contribution in [-0.2, 0) is 14.3 Å². The Bertz CT molecular complexity index is 272. The van der Waals surface area contributed by atoms with Crippen LogP contribution >= 0.6 is 0 Å². The molecule has 0 aromatic carbocycles. The van der Waals surface area contributed by atoms with Crippen molar-refractivity contribution >= 4 is 12.1 Å². The van der Waals surface area contributed by atoms with Crippen LogP contribution in [0.15, 0.2) is 0 Å². The number of rotatable bonds is 5. The number of carbonyl (C=O) groups excluding carboxylic acids is 1. The van der Waals surface area contributed by atoms with Gasteiger partial charge in [-0.05, 0) is 20.8 Å². The first-order valence-corrected chi connectivity index (χ1v) is 5.38. The Kier molecular flexibility index (Phi) is 5.95. The summed E-state index contributed by atoms with van der Waals surface area (Å²) in [6.45, 7) is 7.05. The minimum absolute atomic E-state index is 0.243. The predicted octanol–water partition coefficient (Wildman–Crippen LogP) is 1.25. The molecule has 0 fully saturated rings. The first kappa shape index (κ1) is 15.7. The van der Waals surface area contributed by atoms with Crippen LogP contribution in [0, 0.1) is 5.92 Å². The summed E-state index contributed by atoms with van der Waals surface area (Å²) in [6.07, 6.45) is -0.743. The number of carbonyl (C=O) groups is 2. The molecule has 6 heteroatoms. The lowest BCUT2D eigenvalue weighted by Crippen LogP contribution is -2.48. The zero-order valence-corrected chi connectivity index (χ0v) is 10.9. The fourth-order valence-corrected chi connectivity index (χ4v) is 1.24. The highest BCUT2D eigenvalue weighted by molar-refractivity contribution is 5.80. The summed E-state index contributed by atoms with van der Waals surface area (Å²) in [5, 5.41) is 11.3. The Morgan fingerprint density at radius 3 is 2.24 bits per heavy atom. The first-order valence-electron chi connectivity index (χ1n) is 5.38. The van der Waals surface area contributed by atoms with Crippen LogP contribution in [0.5, 0.6) is 0 Å². The molecule has 0 aliphatic heterocycles. The standard InChI is InChI=1S/C11H21NO5/c1-7(6-16-5)8(9(13)14)12-10(15)17-11(2,3)4/h7-8H,6H2,1-5H3,(H,12,15)(H,13,14). The first-order chi connectivity index (χ1) is 7.67. The van der Waals surface area contributed by atoms with Crippen molar-refractivity contribution in [1.29, 1.82) is 0 Å². The number of ether oxygens (including phenoxy) is 2. The maximum atomic E-state index is 11.4. The Balaban J connectivity index is 4.45. The quantitative estimate of drug-likeness (QED) is 0.763. The second-order valence-electron chi connectivity index (χ2n) is 4.89. The molecule has 0 heterocycles. The zero-order chi connectivity index (χ0) is 13.6. The molecule has 0 rings (SSSR count). The Morgan fingerprint density at radius 1 is 1.35 bits per heavy atom. The summed E-state index contributed by atoms with van der Waals surface area (Å²) in [5.74, 6) is -1.45. The molecule has 100 valence electrons.